The maximum Gasteiger partial charge on any atom is 0.324 e. The first-order valence-corrected chi connectivity index (χ1v) is 9.04. The number of hydrogen-bond acceptors (Lipinski definition) is 5. The Morgan fingerprint density at radius 1 is 1.23 bits per heavy atom. The Bertz CT molecular complexity index is 877. The van der Waals surface area contributed by atoms with E-state index in [0.29, 0.717) is 40.5 Å². The van der Waals surface area contributed by atoms with Crippen LogP contribution in [-0.4, -0.2) is 24.8 Å². The molecule has 26 heavy (non-hydrogen) atoms. The van der Waals surface area contributed by atoms with E-state index in [4.69, 9.17) is 22.2 Å². The Morgan fingerprint density at radius 2 is 1.96 bits per heavy atom. The van der Waals surface area contributed by atoms with Crippen LogP contribution in [0.1, 0.15) is 27.2 Å². The van der Waals surface area contributed by atoms with Crippen molar-refractivity contribution < 1.29 is 14.4 Å². The number of fused-ring (bicyclic) bond motifs is 1. The minimum atomic E-state index is -0.559. The molecule has 0 bridgehead atoms. The molecule has 0 spiro atoms. The molecule has 0 aliphatic heterocycles. The first-order chi connectivity index (χ1) is 12.5. The number of amides is 3. The van der Waals surface area contributed by atoms with Crippen molar-refractivity contribution in [2.75, 3.05) is 17.7 Å². The summed E-state index contributed by atoms with van der Waals surface area (Å²) in [4.78, 5) is 30.0. The van der Waals surface area contributed by atoms with Crippen LogP contribution in [0.15, 0.2) is 29.4 Å². The number of benzene rings is 1. The van der Waals surface area contributed by atoms with E-state index in [1.165, 1.54) is 18.4 Å². The molecule has 3 amide bonds. The van der Waals surface area contributed by atoms with E-state index in [2.05, 4.69) is 15.8 Å². The fraction of sp³-hybridized carbons (Fsp3) is 0.235. The number of primary amides is 1. The van der Waals surface area contributed by atoms with Crippen molar-refractivity contribution in [3.63, 3.8) is 0 Å². The number of carbonyl (C=O) groups is 2. The van der Waals surface area contributed by atoms with Crippen molar-refractivity contribution in [1.29, 1.82) is 0 Å². The lowest BCUT2D eigenvalue weighted by atomic mass is 9.94. The predicted octanol–water partition coefficient (Wildman–Crippen LogP) is 3.64. The van der Waals surface area contributed by atoms with Gasteiger partial charge < -0.3 is 15.9 Å². The van der Waals surface area contributed by atoms with Crippen LogP contribution in [-0.2, 0) is 17.7 Å². The summed E-state index contributed by atoms with van der Waals surface area (Å²) in [5.74, 6) is -0.559. The number of hydrogen-bond donors (Lipinski definition) is 3. The summed E-state index contributed by atoms with van der Waals surface area (Å²) in [5, 5.41) is 10.4. The van der Waals surface area contributed by atoms with Gasteiger partial charge in [0.25, 0.3) is 5.91 Å². The highest BCUT2D eigenvalue weighted by Crippen LogP contribution is 2.37. The number of urea groups is 1. The van der Waals surface area contributed by atoms with Gasteiger partial charge in [0.05, 0.1) is 11.3 Å². The lowest BCUT2D eigenvalue weighted by Gasteiger charge is -2.13. The van der Waals surface area contributed by atoms with Crippen LogP contribution in [0.5, 0.6) is 0 Å². The molecule has 0 saturated carbocycles. The normalized spacial score (nSPS) is 14.6. The lowest BCUT2D eigenvalue weighted by molar-refractivity contribution is 0.100. The van der Waals surface area contributed by atoms with Gasteiger partial charge in [0.15, 0.2) is 0 Å². The van der Waals surface area contributed by atoms with Gasteiger partial charge in [-0.1, -0.05) is 16.8 Å². The summed E-state index contributed by atoms with van der Waals surface area (Å²) >= 11 is 7.16. The summed E-state index contributed by atoms with van der Waals surface area (Å²) in [7, 11) is 1.50. The van der Waals surface area contributed by atoms with Gasteiger partial charge in [0, 0.05) is 22.0 Å². The molecule has 1 heterocycles. The zero-order valence-electron chi connectivity index (χ0n) is 14.0. The van der Waals surface area contributed by atoms with E-state index >= 15 is 0 Å². The number of thiophene rings is 1. The second kappa shape index (κ2) is 7.76. The zero-order valence-corrected chi connectivity index (χ0v) is 15.5. The minimum Gasteiger partial charge on any atom is -0.399 e. The molecule has 7 nitrogen and oxygen atoms in total. The molecule has 1 aliphatic carbocycles. The number of nitrogens with zero attached hydrogens (tertiary/aromatic N) is 1. The van der Waals surface area contributed by atoms with Crippen LogP contribution < -0.4 is 16.4 Å². The van der Waals surface area contributed by atoms with Gasteiger partial charge >= 0.3 is 6.03 Å². The molecule has 0 radical (unpaired) electrons. The molecular formula is C17H17ClN4O3S. The fourth-order valence-corrected chi connectivity index (χ4v) is 4.22. The molecule has 0 unspecified atom stereocenters. The molecule has 1 aliphatic rings. The fourth-order valence-electron chi connectivity index (χ4n) is 2.82. The number of nitrogens with one attached hydrogen (secondary N) is 2. The maximum absolute atomic E-state index is 12.3. The van der Waals surface area contributed by atoms with Gasteiger partial charge in [-0.05, 0) is 42.7 Å². The molecule has 136 valence electrons. The first-order valence-electron chi connectivity index (χ1n) is 7.84. The molecule has 4 N–H and O–H groups in total. The van der Waals surface area contributed by atoms with Crippen molar-refractivity contribution in [2.45, 2.75) is 19.3 Å². The standard InChI is InChI=1S/C17H17ClN4O3S/c1-25-22-11-6-7-12-13(8-11)26-16(14(12)15(19)23)21-17(24)20-10-4-2-9(18)3-5-10/h2-5H,6-8H2,1H3,(H2,19,23)(H2,20,21,24). The molecule has 1 aromatic carbocycles. The molecule has 0 fully saturated rings. The second-order valence-electron chi connectivity index (χ2n) is 5.68. The minimum absolute atomic E-state index is 0.368. The van der Waals surface area contributed by atoms with E-state index in [0.717, 1.165) is 16.2 Å². The molecule has 2 aromatic rings. The van der Waals surface area contributed by atoms with Gasteiger partial charge in [-0.3, -0.25) is 10.1 Å². The largest absolute Gasteiger partial charge is 0.399 e. The second-order valence-corrected chi connectivity index (χ2v) is 7.22. The van der Waals surface area contributed by atoms with Gasteiger partial charge in [-0.15, -0.1) is 11.3 Å². The van der Waals surface area contributed by atoms with Crippen LogP contribution in [0.25, 0.3) is 0 Å². The quantitative estimate of drug-likeness (QED) is 0.691. The predicted molar refractivity (Wildman–Crippen MR) is 103 cm³/mol. The monoisotopic (exact) mass is 392 g/mol. The summed E-state index contributed by atoms with van der Waals surface area (Å²) < 4.78 is 0. The SMILES string of the molecule is CON=C1CCc2c(sc(NC(=O)Nc3ccc(Cl)cc3)c2C(N)=O)C1. The smallest absolute Gasteiger partial charge is 0.324 e. The number of halogens is 1. The Labute approximate surface area is 159 Å². The Kier molecular flexibility index (Phi) is 5.43. The van der Waals surface area contributed by atoms with Crippen molar-refractivity contribution >= 4 is 51.3 Å². The number of nitrogens with two attached hydrogens (primary N) is 1. The molecule has 0 saturated heterocycles. The molecule has 9 heteroatoms. The zero-order chi connectivity index (χ0) is 18.7. The Hall–Kier alpha value is -2.58. The van der Waals surface area contributed by atoms with Crippen LogP contribution in [0.2, 0.25) is 5.02 Å². The van der Waals surface area contributed by atoms with Crippen LogP contribution in [0.3, 0.4) is 0 Å². The molecule has 1 aromatic heterocycles. The molecule has 3 rings (SSSR count). The van der Waals surface area contributed by atoms with Crippen LogP contribution in [0.4, 0.5) is 15.5 Å². The number of oxime groups is 1. The van der Waals surface area contributed by atoms with E-state index < -0.39 is 11.9 Å². The average Bonchev–Trinajstić information content (AvgIpc) is 2.94. The van der Waals surface area contributed by atoms with E-state index in [1.54, 1.807) is 24.3 Å². The first kappa shape index (κ1) is 18.2. The molecule has 0 atom stereocenters. The third-order valence-corrected chi connectivity index (χ3v) is 5.31. The van der Waals surface area contributed by atoms with Gasteiger partial charge in [-0.2, -0.15) is 0 Å². The molecular weight excluding hydrogens is 376 g/mol. The van der Waals surface area contributed by atoms with Crippen molar-refractivity contribution in [2.24, 2.45) is 10.9 Å². The van der Waals surface area contributed by atoms with Crippen LogP contribution >= 0.6 is 22.9 Å². The number of carbonyl (C=O) groups excluding carboxylic acids is 2. The number of anilines is 2. The van der Waals surface area contributed by atoms with E-state index in [-0.39, 0.29) is 0 Å². The van der Waals surface area contributed by atoms with Gasteiger partial charge in [0.2, 0.25) is 0 Å². The summed E-state index contributed by atoms with van der Waals surface area (Å²) in [5.41, 5.74) is 8.27. The third-order valence-electron chi connectivity index (χ3n) is 3.91. The Morgan fingerprint density at radius 3 is 2.62 bits per heavy atom. The summed E-state index contributed by atoms with van der Waals surface area (Å²) in [6.45, 7) is 0. The summed E-state index contributed by atoms with van der Waals surface area (Å²) in [6.07, 6.45) is 1.90. The third kappa shape index (κ3) is 3.97. The van der Waals surface area contributed by atoms with Gasteiger partial charge in [-0.25, -0.2) is 4.79 Å². The van der Waals surface area contributed by atoms with Crippen LogP contribution in [0, 0.1) is 0 Å². The van der Waals surface area contributed by atoms with E-state index in [1.807, 2.05) is 0 Å². The van der Waals surface area contributed by atoms with E-state index in [9.17, 15) is 9.59 Å². The maximum atomic E-state index is 12.3. The Balaban J connectivity index is 1.81. The summed E-state index contributed by atoms with van der Waals surface area (Å²) in [6, 6.07) is 6.26. The number of rotatable bonds is 4. The highest BCUT2D eigenvalue weighted by molar-refractivity contribution is 7.17. The van der Waals surface area contributed by atoms with Crippen molar-refractivity contribution in [3.8, 4) is 0 Å². The lowest BCUT2D eigenvalue weighted by Crippen LogP contribution is -2.22. The highest BCUT2D eigenvalue weighted by Gasteiger charge is 2.27. The highest BCUT2D eigenvalue weighted by atomic mass is 35.5. The van der Waals surface area contributed by atoms with Gasteiger partial charge in [0.1, 0.15) is 12.1 Å². The van der Waals surface area contributed by atoms with Crippen molar-refractivity contribution in [3.05, 3.63) is 45.3 Å². The topological polar surface area (TPSA) is 106 Å². The van der Waals surface area contributed by atoms with Crippen molar-refractivity contribution in [1.82, 2.24) is 0 Å². The average molecular weight is 393 g/mol.